The first-order valence-electron chi connectivity index (χ1n) is 10.6. The van der Waals surface area contributed by atoms with Crippen molar-refractivity contribution in [2.45, 2.75) is 39.0 Å². The number of aryl methyl sites for hydroxylation is 2. The van der Waals surface area contributed by atoms with Gasteiger partial charge in [0.2, 0.25) is 5.91 Å². The van der Waals surface area contributed by atoms with E-state index in [2.05, 4.69) is 4.98 Å². The standard InChI is InChI=1S/C24H28N4O2/c1-18-23(26(2)22(29)14-11-19-9-5-3-6-10-19)28-17-20(12-13-21(28)25-18)24(30)27-15-7-4-8-16-27/h3,5-6,9-10,12-13,17H,4,7-8,11,14-16H2,1-2H3. The average Bonchev–Trinajstić information content (AvgIpc) is 3.12. The molecule has 0 unspecified atom stereocenters. The first kappa shape index (κ1) is 20.1. The van der Waals surface area contributed by atoms with Crippen molar-refractivity contribution < 1.29 is 9.59 Å². The van der Waals surface area contributed by atoms with E-state index < -0.39 is 0 Å². The molecule has 1 aliphatic rings. The molecule has 0 aliphatic carbocycles. The molecule has 0 spiro atoms. The lowest BCUT2D eigenvalue weighted by atomic mass is 10.1. The molecular formula is C24H28N4O2. The third-order valence-electron chi connectivity index (χ3n) is 5.81. The molecule has 3 aromatic rings. The van der Waals surface area contributed by atoms with Gasteiger partial charge in [0.15, 0.2) is 0 Å². The largest absolute Gasteiger partial charge is 0.339 e. The molecule has 1 saturated heterocycles. The number of anilines is 1. The number of imidazole rings is 1. The van der Waals surface area contributed by atoms with Gasteiger partial charge in [-0.25, -0.2) is 4.98 Å². The first-order chi connectivity index (χ1) is 14.5. The fourth-order valence-electron chi connectivity index (χ4n) is 4.14. The van der Waals surface area contributed by atoms with Crippen LogP contribution >= 0.6 is 0 Å². The molecule has 2 aromatic heterocycles. The normalized spacial score (nSPS) is 14.1. The predicted octanol–water partition coefficient (Wildman–Crippen LogP) is 3.86. The van der Waals surface area contributed by atoms with Crippen molar-refractivity contribution in [2.24, 2.45) is 0 Å². The van der Waals surface area contributed by atoms with Gasteiger partial charge in [-0.05, 0) is 50.3 Å². The lowest BCUT2D eigenvalue weighted by molar-refractivity contribution is -0.118. The van der Waals surface area contributed by atoms with Crippen LogP contribution in [0.15, 0.2) is 48.7 Å². The van der Waals surface area contributed by atoms with Crippen molar-refractivity contribution >= 4 is 23.3 Å². The summed E-state index contributed by atoms with van der Waals surface area (Å²) in [5.41, 5.74) is 3.28. The number of fused-ring (bicyclic) bond motifs is 1. The van der Waals surface area contributed by atoms with Crippen LogP contribution in [0, 0.1) is 6.92 Å². The maximum atomic E-state index is 12.9. The molecule has 0 saturated carbocycles. The van der Waals surface area contributed by atoms with Gasteiger partial charge < -0.3 is 4.90 Å². The highest BCUT2D eigenvalue weighted by atomic mass is 16.2. The van der Waals surface area contributed by atoms with Crippen LogP contribution in [0.1, 0.15) is 47.3 Å². The van der Waals surface area contributed by atoms with Gasteiger partial charge in [0.05, 0.1) is 11.3 Å². The highest BCUT2D eigenvalue weighted by Gasteiger charge is 2.22. The monoisotopic (exact) mass is 404 g/mol. The van der Waals surface area contributed by atoms with E-state index in [4.69, 9.17) is 0 Å². The number of benzene rings is 1. The van der Waals surface area contributed by atoms with Crippen LogP contribution < -0.4 is 4.90 Å². The van der Waals surface area contributed by atoms with E-state index in [1.165, 1.54) is 6.42 Å². The molecule has 0 bridgehead atoms. The Hall–Kier alpha value is -3.15. The van der Waals surface area contributed by atoms with Crippen LogP contribution in [0.3, 0.4) is 0 Å². The van der Waals surface area contributed by atoms with E-state index in [9.17, 15) is 9.59 Å². The Bertz CT molecular complexity index is 1050. The highest BCUT2D eigenvalue weighted by Crippen LogP contribution is 2.24. The number of hydrogen-bond donors (Lipinski definition) is 0. The molecule has 0 N–H and O–H groups in total. The molecule has 6 heteroatoms. The summed E-state index contributed by atoms with van der Waals surface area (Å²) in [6.45, 7) is 3.52. The van der Waals surface area contributed by atoms with Gasteiger partial charge in [-0.2, -0.15) is 0 Å². The third kappa shape index (κ3) is 4.08. The molecule has 30 heavy (non-hydrogen) atoms. The minimum atomic E-state index is 0.0245. The second-order valence-corrected chi connectivity index (χ2v) is 7.96. The molecule has 1 aliphatic heterocycles. The van der Waals surface area contributed by atoms with Crippen LogP contribution in [0.2, 0.25) is 0 Å². The number of hydrogen-bond acceptors (Lipinski definition) is 3. The predicted molar refractivity (Wildman–Crippen MR) is 118 cm³/mol. The van der Waals surface area contributed by atoms with Gasteiger partial charge in [-0.3, -0.25) is 18.9 Å². The van der Waals surface area contributed by atoms with Crippen molar-refractivity contribution in [3.05, 3.63) is 65.5 Å². The van der Waals surface area contributed by atoms with E-state index in [1.807, 2.05) is 64.9 Å². The first-order valence-corrected chi connectivity index (χ1v) is 10.6. The smallest absolute Gasteiger partial charge is 0.255 e. The van der Waals surface area contributed by atoms with Crippen LogP contribution in [-0.4, -0.2) is 46.2 Å². The molecular weight excluding hydrogens is 376 g/mol. The lowest BCUT2D eigenvalue weighted by Crippen LogP contribution is -2.35. The molecule has 1 fully saturated rings. The number of likely N-dealkylation sites (tertiary alicyclic amines) is 1. The Kier molecular flexibility index (Phi) is 5.84. The molecule has 6 nitrogen and oxygen atoms in total. The molecule has 4 rings (SSSR count). The number of amides is 2. The van der Waals surface area contributed by atoms with Gasteiger partial charge in [0, 0.05) is 32.8 Å². The van der Waals surface area contributed by atoms with Crippen molar-refractivity contribution in [1.82, 2.24) is 14.3 Å². The number of piperidine rings is 1. The topological polar surface area (TPSA) is 57.9 Å². The van der Waals surface area contributed by atoms with Gasteiger partial charge in [0.1, 0.15) is 11.5 Å². The fraction of sp³-hybridized carbons (Fsp3) is 0.375. The minimum Gasteiger partial charge on any atom is -0.339 e. The second kappa shape index (κ2) is 8.69. The number of carbonyl (C=O) groups is 2. The maximum Gasteiger partial charge on any atom is 0.255 e. The second-order valence-electron chi connectivity index (χ2n) is 7.96. The highest BCUT2D eigenvalue weighted by molar-refractivity contribution is 5.95. The zero-order valence-electron chi connectivity index (χ0n) is 17.7. The number of pyridine rings is 1. The van der Waals surface area contributed by atoms with Crippen molar-refractivity contribution in [2.75, 3.05) is 25.0 Å². The summed E-state index contributed by atoms with van der Waals surface area (Å²) >= 11 is 0. The summed E-state index contributed by atoms with van der Waals surface area (Å²) in [6.07, 6.45) is 6.23. The fourth-order valence-corrected chi connectivity index (χ4v) is 4.14. The van der Waals surface area contributed by atoms with Crippen LogP contribution in [0.25, 0.3) is 5.65 Å². The van der Waals surface area contributed by atoms with E-state index in [1.54, 1.807) is 11.9 Å². The van der Waals surface area contributed by atoms with E-state index >= 15 is 0 Å². The summed E-state index contributed by atoms with van der Waals surface area (Å²) in [4.78, 5) is 34.0. The Labute approximate surface area is 177 Å². The van der Waals surface area contributed by atoms with Gasteiger partial charge in [-0.15, -0.1) is 0 Å². The quantitative estimate of drug-likeness (QED) is 0.649. The van der Waals surface area contributed by atoms with Gasteiger partial charge in [0.25, 0.3) is 5.91 Å². The SMILES string of the molecule is Cc1nc2ccc(C(=O)N3CCCCC3)cn2c1N(C)C(=O)CCc1ccccc1. The third-order valence-corrected chi connectivity index (χ3v) is 5.81. The summed E-state index contributed by atoms with van der Waals surface area (Å²) in [7, 11) is 1.78. The van der Waals surface area contributed by atoms with E-state index in [0.29, 0.717) is 18.4 Å². The van der Waals surface area contributed by atoms with Gasteiger partial charge in [-0.1, -0.05) is 30.3 Å². The summed E-state index contributed by atoms with van der Waals surface area (Å²) in [6, 6.07) is 13.7. The lowest BCUT2D eigenvalue weighted by Gasteiger charge is -2.26. The number of nitrogens with zero attached hydrogens (tertiary/aromatic N) is 4. The molecule has 1 aromatic carbocycles. The Balaban J connectivity index is 1.57. The molecule has 3 heterocycles. The minimum absolute atomic E-state index is 0.0245. The molecule has 0 atom stereocenters. The molecule has 2 amide bonds. The molecule has 0 radical (unpaired) electrons. The average molecular weight is 405 g/mol. The van der Waals surface area contributed by atoms with Crippen molar-refractivity contribution in [3.8, 4) is 0 Å². The Morgan fingerprint density at radius 3 is 2.50 bits per heavy atom. The maximum absolute atomic E-state index is 12.9. The van der Waals surface area contributed by atoms with Crippen molar-refractivity contribution in [1.29, 1.82) is 0 Å². The van der Waals surface area contributed by atoms with E-state index in [0.717, 1.165) is 48.7 Å². The zero-order valence-corrected chi connectivity index (χ0v) is 17.7. The van der Waals surface area contributed by atoms with Crippen LogP contribution in [0.5, 0.6) is 0 Å². The van der Waals surface area contributed by atoms with Crippen LogP contribution in [0.4, 0.5) is 5.82 Å². The summed E-state index contributed by atoms with van der Waals surface area (Å²) < 4.78 is 1.87. The summed E-state index contributed by atoms with van der Waals surface area (Å²) in [5.74, 6) is 0.792. The van der Waals surface area contributed by atoms with Crippen LogP contribution in [-0.2, 0) is 11.2 Å². The number of carbonyl (C=O) groups excluding carboxylic acids is 2. The number of rotatable bonds is 5. The number of aromatic nitrogens is 2. The van der Waals surface area contributed by atoms with Crippen molar-refractivity contribution in [3.63, 3.8) is 0 Å². The zero-order chi connectivity index (χ0) is 21.1. The van der Waals surface area contributed by atoms with E-state index in [-0.39, 0.29) is 11.8 Å². The summed E-state index contributed by atoms with van der Waals surface area (Å²) in [5, 5.41) is 0. The van der Waals surface area contributed by atoms with Gasteiger partial charge >= 0.3 is 0 Å². The Morgan fingerprint density at radius 1 is 1.03 bits per heavy atom. The Morgan fingerprint density at radius 2 is 1.77 bits per heavy atom. The molecule has 156 valence electrons.